The summed E-state index contributed by atoms with van der Waals surface area (Å²) in [4.78, 5) is 24.3. The molecule has 0 aromatic carbocycles. The molecule has 1 amide bonds. The lowest BCUT2D eigenvalue weighted by Crippen LogP contribution is -2.61. The van der Waals surface area contributed by atoms with E-state index in [2.05, 4.69) is 30.7 Å². The third-order valence-corrected chi connectivity index (χ3v) is 4.54. The van der Waals surface area contributed by atoms with E-state index in [1.165, 1.54) is 17.2 Å². The minimum atomic E-state index is -0.335. The lowest BCUT2D eigenvalue weighted by Gasteiger charge is -2.44. The number of hydrogen-bond acceptors (Lipinski definition) is 7. The normalized spacial score (nSPS) is 27.6. The molecule has 3 aliphatic rings. The second kappa shape index (κ2) is 5.38. The Labute approximate surface area is 142 Å². The number of anilines is 1. The average Bonchev–Trinajstić information content (AvgIpc) is 3.18. The maximum absolute atomic E-state index is 12.2. The third kappa shape index (κ3) is 2.69. The fourth-order valence-electron chi connectivity index (χ4n) is 3.40. The summed E-state index contributed by atoms with van der Waals surface area (Å²) >= 11 is 5.82. The highest BCUT2D eigenvalue weighted by molar-refractivity contribution is 6.29. The Kier molecular flexibility index (Phi) is 3.43. The van der Waals surface area contributed by atoms with Crippen LogP contribution in [0.3, 0.4) is 0 Å². The van der Waals surface area contributed by atoms with Crippen molar-refractivity contribution in [2.75, 3.05) is 18.5 Å². The zero-order chi connectivity index (χ0) is 16.8. The molecule has 9 nitrogen and oxygen atoms in total. The molecule has 0 radical (unpaired) electrons. The molecule has 10 heteroatoms. The molecule has 4 heterocycles. The van der Waals surface area contributed by atoms with Crippen LogP contribution in [0.4, 0.5) is 5.82 Å². The van der Waals surface area contributed by atoms with Gasteiger partial charge in [0.15, 0.2) is 0 Å². The molecule has 3 fully saturated rings. The van der Waals surface area contributed by atoms with Crippen LogP contribution in [0.5, 0.6) is 0 Å². The number of nitrogens with one attached hydrogen (secondary N) is 2. The van der Waals surface area contributed by atoms with E-state index in [0.717, 1.165) is 12.8 Å². The predicted octanol–water partition coefficient (Wildman–Crippen LogP) is 0.402. The van der Waals surface area contributed by atoms with E-state index in [9.17, 15) is 4.79 Å². The van der Waals surface area contributed by atoms with Gasteiger partial charge in [0.1, 0.15) is 17.3 Å². The van der Waals surface area contributed by atoms with Crippen LogP contribution < -0.4 is 10.6 Å². The number of carbonyl (C=O) groups is 1. The lowest BCUT2D eigenvalue weighted by atomic mass is 9.68. The molecule has 5 rings (SSSR count). The molecular formula is C14H16ClN7O2. The first-order valence-corrected chi connectivity index (χ1v) is 7.89. The van der Waals surface area contributed by atoms with E-state index in [0.29, 0.717) is 24.1 Å². The minimum absolute atomic E-state index is 0.170. The SMILES string of the molecule is Cn1cnc(C(=O)NC23COC(CNc4cncc(Cl)n4)(C2)C3)n1. The quantitative estimate of drug-likeness (QED) is 0.804. The van der Waals surface area contributed by atoms with Crippen molar-refractivity contribution >= 4 is 23.3 Å². The maximum Gasteiger partial charge on any atom is 0.291 e. The van der Waals surface area contributed by atoms with Crippen molar-refractivity contribution in [3.8, 4) is 0 Å². The molecule has 2 aliphatic heterocycles. The Bertz CT molecular complexity index is 787. The van der Waals surface area contributed by atoms with Gasteiger partial charge in [-0.1, -0.05) is 11.6 Å². The summed E-state index contributed by atoms with van der Waals surface area (Å²) in [5.41, 5.74) is -0.632. The van der Waals surface area contributed by atoms with Crippen molar-refractivity contribution < 1.29 is 9.53 Å². The number of halogens is 1. The van der Waals surface area contributed by atoms with Gasteiger partial charge in [-0.2, -0.15) is 0 Å². The summed E-state index contributed by atoms with van der Waals surface area (Å²) in [6.45, 7) is 1.07. The molecule has 0 spiro atoms. The fraction of sp³-hybridized carbons (Fsp3) is 0.500. The largest absolute Gasteiger partial charge is 0.371 e. The monoisotopic (exact) mass is 349 g/mol. The zero-order valence-electron chi connectivity index (χ0n) is 13.0. The van der Waals surface area contributed by atoms with E-state index < -0.39 is 0 Å². The van der Waals surface area contributed by atoms with Crippen LogP contribution in [0.15, 0.2) is 18.7 Å². The van der Waals surface area contributed by atoms with Crippen LogP contribution >= 0.6 is 11.6 Å². The van der Waals surface area contributed by atoms with Crippen molar-refractivity contribution in [1.82, 2.24) is 30.0 Å². The first-order chi connectivity index (χ1) is 11.5. The summed E-state index contributed by atoms with van der Waals surface area (Å²) in [7, 11) is 1.72. The van der Waals surface area contributed by atoms with Gasteiger partial charge in [-0.15, -0.1) is 5.10 Å². The van der Waals surface area contributed by atoms with Gasteiger partial charge in [0, 0.05) is 26.4 Å². The number of amides is 1. The minimum Gasteiger partial charge on any atom is -0.371 e. The summed E-state index contributed by atoms with van der Waals surface area (Å²) in [6, 6.07) is 0. The molecule has 2 aromatic rings. The molecule has 0 unspecified atom stereocenters. The first-order valence-electron chi connectivity index (χ1n) is 7.51. The average molecular weight is 350 g/mol. The van der Waals surface area contributed by atoms with Crippen LogP contribution in [0.25, 0.3) is 0 Å². The highest BCUT2D eigenvalue weighted by Crippen LogP contribution is 2.51. The van der Waals surface area contributed by atoms with Gasteiger partial charge >= 0.3 is 0 Å². The standard InChI is InChI=1S/C14H16ClN7O2/c1-22-8-18-11(21-22)12(23)20-13-4-14(5-13,24-7-13)6-17-10-3-16-2-9(15)19-10/h2-3,8H,4-7H2,1H3,(H,17,19)(H,20,23). The van der Waals surface area contributed by atoms with Gasteiger partial charge in [0.2, 0.25) is 5.82 Å². The molecular weight excluding hydrogens is 334 g/mol. The van der Waals surface area contributed by atoms with Crippen molar-refractivity contribution in [2.24, 2.45) is 7.05 Å². The van der Waals surface area contributed by atoms with Crippen molar-refractivity contribution in [2.45, 2.75) is 24.0 Å². The van der Waals surface area contributed by atoms with E-state index in [-0.39, 0.29) is 22.9 Å². The highest BCUT2D eigenvalue weighted by Gasteiger charge is 2.63. The van der Waals surface area contributed by atoms with E-state index in [4.69, 9.17) is 16.3 Å². The number of aryl methyl sites for hydroxylation is 1. The Hall–Kier alpha value is -2.26. The van der Waals surface area contributed by atoms with Gasteiger partial charge in [-0.25, -0.2) is 9.97 Å². The van der Waals surface area contributed by atoms with E-state index >= 15 is 0 Å². The summed E-state index contributed by atoms with van der Waals surface area (Å²) in [5, 5.41) is 10.5. The topological polar surface area (TPSA) is 107 Å². The lowest BCUT2D eigenvalue weighted by molar-refractivity contribution is 0.00698. The molecule has 2 saturated heterocycles. The summed E-state index contributed by atoms with van der Waals surface area (Å²) in [5.74, 6) is 0.499. The number of hydrogen-bond donors (Lipinski definition) is 2. The van der Waals surface area contributed by atoms with Crippen LogP contribution in [0, 0.1) is 0 Å². The summed E-state index contributed by atoms with van der Waals surface area (Å²) in [6.07, 6.45) is 6.06. The molecule has 2 N–H and O–H groups in total. The van der Waals surface area contributed by atoms with Gasteiger partial charge < -0.3 is 15.4 Å². The van der Waals surface area contributed by atoms with Gasteiger partial charge in [-0.05, 0) is 0 Å². The van der Waals surface area contributed by atoms with Gasteiger partial charge in [0.25, 0.3) is 5.91 Å². The van der Waals surface area contributed by atoms with E-state index in [1.54, 1.807) is 13.2 Å². The molecule has 1 aliphatic carbocycles. The Balaban J connectivity index is 1.35. The zero-order valence-corrected chi connectivity index (χ0v) is 13.7. The molecule has 126 valence electrons. The molecule has 2 aromatic heterocycles. The van der Waals surface area contributed by atoms with Crippen molar-refractivity contribution in [1.29, 1.82) is 0 Å². The van der Waals surface area contributed by atoms with Crippen molar-refractivity contribution in [3.05, 3.63) is 29.7 Å². The predicted molar refractivity (Wildman–Crippen MR) is 84.6 cm³/mol. The Morgan fingerprint density at radius 1 is 1.46 bits per heavy atom. The number of rotatable bonds is 5. The molecule has 24 heavy (non-hydrogen) atoms. The third-order valence-electron chi connectivity index (χ3n) is 4.35. The second-order valence-electron chi connectivity index (χ2n) is 6.38. The fourth-order valence-corrected chi connectivity index (χ4v) is 3.54. The maximum atomic E-state index is 12.2. The number of aromatic nitrogens is 5. The van der Waals surface area contributed by atoms with E-state index in [1.807, 2.05) is 0 Å². The van der Waals surface area contributed by atoms with Crippen molar-refractivity contribution in [3.63, 3.8) is 0 Å². The van der Waals surface area contributed by atoms with Crippen LogP contribution in [0.2, 0.25) is 5.15 Å². The van der Waals surface area contributed by atoms with Crippen LogP contribution in [-0.2, 0) is 11.8 Å². The number of ether oxygens (including phenoxy) is 1. The van der Waals surface area contributed by atoms with Gasteiger partial charge in [0.05, 0.1) is 30.1 Å². The Morgan fingerprint density at radius 3 is 3.00 bits per heavy atom. The Morgan fingerprint density at radius 2 is 2.29 bits per heavy atom. The number of fused-ring (bicyclic) bond motifs is 1. The second-order valence-corrected chi connectivity index (χ2v) is 6.77. The highest BCUT2D eigenvalue weighted by atomic mass is 35.5. The molecule has 1 saturated carbocycles. The molecule has 2 bridgehead atoms. The van der Waals surface area contributed by atoms with Crippen LogP contribution in [-0.4, -0.2) is 54.9 Å². The number of nitrogens with zero attached hydrogens (tertiary/aromatic N) is 5. The first kappa shape index (κ1) is 15.3. The number of carbonyl (C=O) groups excluding carboxylic acids is 1. The van der Waals surface area contributed by atoms with Crippen LogP contribution in [0.1, 0.15) is 23.5 Å². The van der Waals surface area contributed by atoms with Gasteiger partial charge in [-0.3, -0.25) is 14.5 Å². The molecule has 0 atom stereocenters. The summed E-state index contributed by atoms with van der Waals surface area (Å²) < 4.78 is 7.41. The smallest absolute Gasteiger partial charge is 0.291 e.